The van der Waals surface area contributed by atoms with Crippen LogP contribution in [0.25, 0.3) is 11.1 Å². The van der Waals surface area contributed by atoms with E-state index in [4.69, 9.17) is 0 Å². The molecule has 74 valence electrons. The van der Waals surface area contributed by atoms with Gasteiger partial charge in [0.25, 0.3) is 0 Å². The van der Waals surface area contributed by atoms with Crippen molar-refractivity contribution in [1.29, 1.82) is 0 Å². The molecular weight excluding hydrogens is 195 g/mol. The van der Waals surface area contributed by atoms with Crippen molar-refractivity contribution in [2.75, 3.05) is 0 Å². The Morgan fingerprint density at radius 1 is 0.800 bits per heavy atom. The van der Waals surface area contributed by atoms with E-state index in [1.54, 1.807) is 0 Å². The Hall–Kier alpha value is -1.03. The normalized spacial score (nSPS) is 10.1. The predicted molar refractivity (Wildman–Crippen MR) is 68.9 cm³/mol. The van der Waals surface area contributed by atoms with Crippen molar-refractivity contribution in [3.63, 3.8) is 0 Å². The molecule has 0 atom stereocenters. The van der Waals surface area contributed by atoms with Gasteiger partial charge in [-0.1, -0.05) is 59.9 Å². The SMILES string of the molecule is [AlH2][CH2]Cc1ccccc1-c1ccccc1. The molecule has 0 aromatic heterocycles. The topological polar surface area (TPSA) is 0 Å². The zero-order chi connectivity index (χ0) is 10.5. The summed E-state index contributed by atoms with van der Waals surface area (Å²) in [6, 6.07) is 19.4. The fraction of sp³-hybridized carbons (Fsp3) is 0.143. The Labute approximate surface area is 99.4 Å². The minimum atomic E-state index is 1.22. The Morgan fingerprint density at radius 3 is 2.20 bits per heavy atom. The molecule has 0 N–H and O–H groups in total. The molecule has 0 saturated carbocycles. The van der Waals surface area contributed by atoms with E-state index in [9.17, 15) is 0 Å². The molecule has 0 nitrogen and oxygen atoms in total. The van der Waals surface area contributed by atoms with Gasteiger partial charge in [0.2, 0.25) is 16.3 Å². The van der Waals surface area contributed by atoms with Crippen molar-refractivity contribution in [2.24, 2.45) is 0 Å². The molecule has 15 heavy (non-hydrogen) atoms. The average Bonchev–Trinajstić information content (AvgIpc) is 2.31. The van der Waals surface area contributed by atoms with Crippen LogP contribution in [0.5, 0.6) is 0 Å². The van der Waals surface area contributed by atoms with Crippen LogP contribution in [-0.4, -0.2) is 16.3 Å². The molecule has 2 rings (SSSR count). The second-order valence-corrected chi connectivity index (χ2v) is 4.77. The summed E-state index contributed by atoms with van der Waals surface area (Å²) < 4.78 is 0. The number of hydrogen-bond acceptors (Lipinski definition) is 0. The van der Waals surface area contributed by atoms with Gasteiger partial charge in [-0.3, -0.25) is 0 Å². The van der Waals surface area contributed by atoms with Crippen molar-refractivity contribution < 1.29 is 0 Å². The molecule has 0 unspecified atom stereocenters. The lowest BCUT2D eigenvalue weighted by Crippen LogP contribution is -1.89. The van der Waals surface area contributed by atoms with Crippen LogP contribution in [0.2, 0.25) is 5.28 Å². The van der Waals surface area contributed by atoms with Crippen molar-refractivity contribution in [3.8, 4) is 11.1 Å². The Balaban J connectivity index is 2.43. The van der Waals surface area contributed by atoms with Crippen LogP contribution in [0.4, 0.5) is 0 Å². The smallest absolute Gasteiger partial charge is 0.0973 e. The van der Waals surface area contributed by atoms with E-state index in [1.807, 2.05) is 0 Å². The number of benzene rings is 2. The van der Waals surface area contributed by atoms with E-state index >= 15 is 0 Å². The van der Waals surface area contributed by atoms with Gasteiger partial charge in [0.1, 0.15) is 0 Å². The monoisotopic (exact) mass is 210 g/mol. The first-order valence-electron chi connectivity index (χ1n) is 5.55. The van der Waals surface area contributed by atoms with Crippen LogP contribution in [0.3, 0.4) is 0 Å². The van der Waals surface area contributed by atoms with Crippen molar-refractivity contribution in [2.45, 2.75) is 11.7 Å². The molecule has 0 saturated heterocycles. The van der Waals surface area contributed by atoms with Gasteiger partial charge in [0, 0.05) is 0 Å². The molecule has 0 amide bonds. The molecule has 0 bridgehead atoms. The third kappa shape index (κ3) is 2.50. The van der Waals surface area contributed by atoms with Crippen molar-refractivity contribution in [1.82, 2.24) is 0 Å². The molecule has 1 heteroatoms. The predicted octanol–water partition coefficient (Wildman–Crippen LogP) is 2.95. The molecule has 0 fully saturated rings. The van der Waals surface area contributed by atoms with Gasteiger partial charge in [0.15, 0.2) is 0 Å². The fourth-order valence-electron chi connectivity index (χ4n) is 1.91. The lowest BCUT2D eigenvalue weighted by molar-refractivity contribution is 1.14. The van der Waals surface area contributed by atoms with E-state index in [0.29, 0.717) is 0 Å². The van der Waals surface area contributed by atoms with E-state index in [2.05, 4.69) is 54.6 Å². The highest BCUT2D eigenvalue weighted by molar-refractivity contribution is 6.08. The van der Waals surface area contributed by atoms with Gasteiger partial charge in [-0.15, -0.1) is 0 Å². The second-order valence-electron chi connectivity index (χ2n) is 3.77. The summed E-state index contributed by atoms with van der Waals surface area (Å²) in [5, 5.41) is 1.34. The van der Waals surface area contributed by atoms with Gasteiger partial charge in [-0.25, -0.2) is 0 Å². The van der Waals surface area contributed by atoms with Crippen LogP contribution in [0.15, 0.2) is 54.6 Å². The maximum absolute atomic E-state index is 2.25. The fourth-order valence-corrected chi connectivity index (χ4v) is 2.45. The number of aryl methyl sites for hydroxylation is 1. The van der Waals surface area contributed by atoms with Crippen LogP contribution in [0, 0.1) is 0 Å². The number of rotatable bonds is 3. The Morgan fingerprint density at radius 2 is 1.47 bits per heavy atom. The lowest BCUT2D eigenvalue weighted by atomic mass is 9.98. The maximum atomic E-state index is 2.25. The molecule has 2 aromatic rings. The first-order valence-corrected chi connectivity index (χ1v) is 6.96. The van der Waals surface area contributed by atoms with Gasteiger partial charge < -0.3 is 0 Å². The molecule has 0 heterocycles. The van der Waals surface area contributed by atoms with Gasteiger partial charge in [0.05, 0.1) is 0 Å². The first-order chi connectivity index (χ1) is 7.42. The summed E-state index contributed by atoms with van der Waals surface area (Å²) in [6.07, 6.45) is 1.22. The third-order valence-corrected chi connectivity index (χ3v) is 3.12. The summed E-state index contributed by atoms with van der Waals surface area (Å²) >= 11 is 1.28. The summed E-state index contributed by atoms with van der Waals surface area (Å²) in [5.41, 5.74) is 4.22. The minimum Gasteiger partial charge on any atom is -0.0973 e. The summed E-state index contributed by atoms with van der Waals surface area (Å²) in [7, 11) is 0. The maximum Gasteiger partial charge on any atom is 0.212 e. The van der Waals surface area contributed by atoms with Crippen molar-refractivity contribution >= 4 is 16.3 Å². The van der Waals surface area contributed by atoms with E-state index in [0.717, 1.165) is 0 Å². The van der Waals surface area contributed by atoms with Gasteiger partial charge in [-0.2, -0.15) is 0 Å². The zero-order valence-electron chi connectivity index (χ0n) is 9.11. The zero-order valence-corrected chi connectivity index (χ0v) is 11.1. The van der Waals surface area contributed by atoms with Crippen molar-refractivity contribution in [3.05, 3.63) is 60.2 Å². The lowest BCUT2D eigenvalue weighted by Gasteiger charge is -2.08. The highest BCUT2D eigenvalue weighted by Gasteiger charge is 2.01. The van der Waals surface area contributed by atoms with Gasteiger partial charge >= 0.3 is 0 Å². The highest BCUT2D eigenvalue weighted by atomic mass is 27.0. The summed E-state index contributed by atoms with van der Waals surface area (Å²) in [5.74, 6) is 0. The molecule has 0 aliphatic heterocycles. The first kappa shape index (κ1) is 10.5. The standard InChI is InChI=1S/C14H13.Al.2H/c1-2-12-8-6-7-11-14(12)13-9-4-3-5-10-13;;;/h3-11H,1-2H2;;;. The Bertz CT molecular complexity index is 420. The molecule has 0 aliphatic rings. The molecule has 0 radical (unpaired) electrons. The van der Waals surface area contributed by atoms with Crippen LogP contribution in [0.1, 0.15) is 5.56 Å². The average molecular weight is 210 g/mol. The summed E-state index contributed by atoms with van der Waals surface area (Å²) in [4.78, 5) is 0. The molecule has 0 spiro atoms. The highest BCUT2D eigenvalue weighted by Crippen LogP contribution is 2.23. The van der Waals surface area contributed by atoms with E-state index < -0.39 is 0 Å². The molecule has 0 aliphatic carbocycles. The second kappa shape index (κ2) is 5.17. The molecule has 2 aromatic carbocycles. The van der Waals surface area contributed by atoms with Crippen LogP contribution in [-0.2, 0) is 6.42 Å². The van der Waals surface area contributed by atoms with Crippen LogP contribution < -0.4 is 0 Å². The summed E-state index contributed by atoms with van der Waals surface area (Å²) in [6.45, 7) is 0. The number of hydrogen-bond donors (Lipinski definition) is 0. The third-order valence-electron chi connectivity index (χ3n) is 2.62. The quantitative estimate of drug-likeness (QED) is 0.683. The largest absolute Gasteiger partial charge is 0.212 e. The Kier molecular flexibility index (Phi) is 3.61. The minimum absolute atomic E-state index is 1.22. The van der Waals surface area contributed by atoms with E-state index in [1.165, 1.54) is 44.7 Å². The molecular formula is C14H15Al. The van der Waals surface area contributed by atoms with Crippen LogP contribution >= 0.6 is 0 Å². The van der Waals surface area contributed by atoms with Gasteiger partial charge in [-0.05, 0) is 23.1 Å². The van der Waals surface area contributed by atoms with E-state index in [-0.39, 0.29) is 0 Å².